The number of ketones is 1. The number of hydrogen-bond acceptors (Lipinski definition) is 5. The summed E-state index contributed by atoms with van der Waals surface area (Å²) < 4.78 is 10.7. The largest absolute Gasteiger partial charge is 0.449 e. The molecule has 1 aliphatic rings. The molecule has 5 nitrogen and oxygen atoms in total. The van der Waals surface area contributed by atoms with Crippen LogP contribution < -0.4 is 5.43 Å². The van der Waals surface area contributed by atoms with E-state index < -0.39 is 12.1 Å². The van der Waals surface area contributed by atoms with Crippen molar-refractivity contribution in [1.82, 2.24) is 0 Å². The summed E-state index contributed by atoms with van der Waals surface area (Å²) in [7, 11) is 0. The van der Waals surface area contributed by atoms with Crippen LogP contribution >= 0.6 is 0 Å². The Hall–Kier alpha value is -3.21. The highest BCUT2D eigenvalue weighted by atomic mass is 16.6. The monoisotopic (exact) mass is 362 g/mol. The van der Waals surface area contributed by atoms with Gasteiger partial charge in [-0.2, -0.15) is 0 Å². The lowest BCUT2D eigenvalue weighted by atomic mass is 10.0. The van der Waals surface area contributed by atoms with E-state index in [0.29, 0.717) is 16.5 Å². The van der Waals surface area contributed by atoms with Crippen molar-refractivity contribution in [3.05, 3.63) is 81.2 Å². The second-order valence-electron chi connectivity index (χ2n) is 6.72. The molecule has 5 heteroatoms. The predicted molar refractivity (Wildman–Crippen MR) is 100 cm³/mol. The molecule has 136 valence electrons. The first-order valence-electron chi connectivity index (χ1n) is 8.93. The van der Waals surface area contributed by atoms with Crippen LogP contribution in [0.2, 0.25) is 0 Å². The highest BCUT2D eigenvalue weighted by molar-refractivity contribution is 6.01. The summed E-state index contributed by atoms with van der Waals surface area (Å²) in [5, 5.41) is 0.385. The van der Waals surface area contributed by atoms with Gasteiger partial charge in [-0.3, -0.25) is 9.59 Å². The topological polar surface area (TPSA) is 73.6 Å². The summed E-state index contributed by atoms with van der Waals surface area (Å²) in [6.07, 6.45) is 2.12. The zero-order chi connectivity index (χ0) is 19.0. The van der Waals surface area contributed by atoms with Crippen molar-refractivity contribution in [3.8, 4) is 0 Å². The molecule has 0 fully saturated rings. The molecule has 3 aromatic rings. The predicted octanol–water partition coefficient (Wildman–Crippen LogP) is 3.71. The van der Waals surface area contributed by atoms with E-state index in [1.165, 1.54) is 18.1 Å². The summed E-state index contributed by atoms with van der Waals surface area (Å²) in [6, 6.07) is 13.4. The van der Waals surface area contributed by atoms with E-state index in [1.54, 1.807) is 30.3 Å². The van der Waals surface area contributed by atoms with Crippen molar-refractivity contribution < 1.29 is 18.7 Å². The minimum Gasteiger partial charge on any atom is -0.449 e. The van der Waals surface area contributed by atoms with E-state index in [2.05, 4.69) is 0 Å². The maximum absolute atomic E-state index is 12.6. The lowest BCUT2D eigenvalue weighted by Gasteiger charge is -2.13. The molecular weight excluding hydrogens is 344 g/mol. The number of benzene rings is 2. The zero-order valence-electron chi connectivity index (χ0n) is 14.9. The molecule has 0 N–H and O–H groups in total. The summed E-state index contributed by atoms with van der Waals surface area (Å²) in [4.78, 5) is 37.1. The van der Waals surface area contributed by atoms with Gasteiger partial charge in [0, 0.05) is 11.6 Å². The number of esters is 1. The van der Waals surface area contributed by atoms with Crippen molar-refractivity contribution in [3.63, 3.8) is 0 Å². The molecule has 0 bridgehead atoms. The van der Waals surface area contributed by atoms with Crippen LogP contribution in [0.15, 0.2) is 57.7 Å². The van der Waals surface area contributed by atoms with E-state index in [9.17, 15) is 14.4 Å². The van der Waals surface area contributed by atoms with E-state index in [-0.39, 0.29) is 17.0 Å². The number of carbonyl (C=O) groups excluding carboxylic acids is 2. The number of fused-ring (bicyclic) bond motifs is 2. The lowest BCUT2D eigenvalue weighted by molar-refractivity contribution is 0.0289. The number of aryl methyl sites for hydroxylation is 2. The van der Waals surface area contributed by atoms with E-state index in [0.717, 1.165) is 25.3 Å². The van der Waals surface area contributed by atoms with Gasteiger partial charge in [-0.05, 0) is 55.5 Å². The second-order valence-corrected chi connectivity index (χ2v) is 6.72. The molecule has 2 aromatic carbocycles. The van der Waals surface area contributed by atoms with Crippen molar-refractivity contribution in [2.45, 2.75) is 32.3 Å². The van der Waals surface area contributed by atoms with Crippen LogP contribution in [0.5, 0.6) is 0 Å². The van der Waals surface area contributed by atoms with Crippen molar-refractivity contribution in [2.24, 2.45) is 0 Å². The van der Waals surface area contributed by atoms with Gasteiger partial charge in [-0.15, -0.1) is 0 Å². The van der Waals surface area contributed by atoms with E-state index >= 15 is 0 Å². The van der Waals surface area contributed by atoms with Gasteiger partial charge in [-0.25, -0.2) is 4.79 Å². The summed E-state index contributed by atoms with van der Waals surface area (Å²) in [5.41, 5.74) is 2.95. The third-order valence-electron chi connectivity index (χ3n) is 4.87. The molecule has 27 heavy (non-hydrogen) atoms. The Balaban J connectivity index is 1.54. The van der Waals surface area contributed by atoms with Crippen LogP contribution in [0.1, 0.15) is 45.4 Å². The molecule has 0 radical (unpaired) electrons. The number of ether oxygens (including phenoxy) is 1. The number of carbonyl (C=O) groups is 2. The Morgan fingerprint density at radius 1 is 1.04 bits per heavy atom. The fourth-order valence-electron chi connectivity index (χ4n) is 3.44. The van der Waals surface area contributed by atoms with Crippen LogP contribution in [0.4, 0.5) is 0 Å². The zero-order valence-corrected chi connectivity index (χ0v) is 14.9. The average molecular weight is 362 g/mol. The minimum absolute atomic E-state index is 0.215. The van der Waals surface area contributed by atoms with Crippen molar-refractivity contribution in [1.29, 1.82) is 0 Å². The summed E-state index contributed by atoms with van der Waals surface area (Å²) in [5.74, 6) is -1.33. The van der Waals surface area contributed by atoms with Crippen LogP contribution in [0.3, 0.4) is 0 Å². The first kappa shape index (κ1) is 17.2. The number of Topliss-reactive ketones (excluding diaryl/α,β-unsaturated/α-hetero) is 1. The highest BCUT2D eigenvalue weighted by Crippen LogP contribution is 2.24. The molecule has 0 unspecified atom stereocenters. The third kappa shape index (κ3) is 3.28. The molecule has 4 rings (SSSR count). The third-order valence-corrected chi connectivity index (χ3v) is 4.87. The van der Waals surface area contributed by atoms with Crippen molar-refractivity contribution in [2.75, 3.05) is 0 Å². The fourth-order valence-corrected chi connectivity index (χ4v) is 3.44. The van der Waals surface area contributed by atoms with Gasteiger partial charge < -0.3 is 9.15 Å². The van der Waals surface area contributed by atoms with Gasteiger partial charge in [0.05, 0.1) is 5.39 Å². The van der Waals surface area contributed by atoms with Gasteiger partial charge in [0.1, 0.15) is 5.58 Å². The van der Waals surface area contributed by atoms with Gasteiger partial charge in [-0.1, -0.05) is 24.3 Å². The van der Waals surface area contributed by atoms with Gasteiger partial charge >= 0.3 is 5.97 Å². The van der Waals surface area contributed by atoms with Gasteiger partial charge in [0.25, 0.3) is 0 Å². The first-order valence-corrected chi connectivity index (χ1v) is 8.93. The normalized spacial score (nSPS) is 14.0. The molecule has 1 heterocycles. The van der Waals surface area contributed by atoms with Crippen LogP contribution in [-0.2, 0) is 17.6 Å². The number of hydrogen-bond donors (Lipinski definition) is 0. The van der Waals surface area contributed by atoms with Crippen LogP contribution in [0, 0.1) is 0 Å². The Morgan fingerprint density at radius 2 is 1.81 bits per heavy atom. The van der Waals surface area contributed by atoms with Gasteiger partial charge in [0.2, 0.25) is 11.5 Å². The minimum atomic E-state index is -0.978. The molecule has 1 atom stereocenters. The smallest absolute Gasteiger partial charge is 0.375 e. The molecule has 0 saturated heterocycles. The first-order chi connectivity index (χ1) is 13.0. The fraction of sp³-hybridized carbons (Fsp3) is 0.227. The number of rotatable bonds is 4. The Morgan fingerprint density at radius 3 is 2.67 bits per heavy atom. The number of para-hydroxylation sites is 1. The average Bonchev–Trinajstić information content (AvgIpc) is 3.15. The summed E-state index contributed by atoms with van der Waals surface area (Å²) >= 11 is 0. The Kier molecular flexibility index (Phi) is 4.36. The standard InChI is InChI=1S/C22H18O5/c1-13(21(24)16-10-9-14-5-4-6-15(14)11-16)26-22(25)20-12-18(23)17-7-2-3-8-19(17)27-20/h2-3,7-13H,4-6H2,1H3/t13-/m1/s1. The Bertz CT molecular complexity index is 1110. The molecule has 0 spiro atoms. The second kappa shape index (κ2) is 6.83. The molecule has 0 saturated carbocycles. The van der Waals surface area contributed by atoms with Crippen molar-refractivity contribution >= 4 is 22.7 Å². The molecule has 1 aliphatic carbocycles. The molecule has 0 aliphatic heterocycles. The van der Waals surface area contributed by atoms with Gasteiger partial charge in [0.15, 0.2) is 11.5 Å². The summed E-state index contributed by atoms with van der Waals surface area (Å²) in [6.45, 7) is 1.52. The van der Waals surface area contributed by atoms with Crippen LogP contribution in [0.25, 0.3) is 11.0 Å². The van der Waals surface area contributed by atoms with E-state index in [1.807, 2.05) is 12.1 Å². The molecular formula is C22H18O5. The SMILES string of the molecule is C[C@@H](OC(=O)c1cc(=O)c2ccccc2o1)C(=O)c1ccc2c(c1)CCC2. The Labute approximate surface area is 155 Å². The van der Waals surface area contributed by atoms with E-state index in [4.69, 9.17) is 9.15 Å². The van der Waals surface area contributed by atoms with Crippen LogP contribution in [-0.4, -0.2) is 17.9 Å². The molecule has 0 amide bonds. The molecule has 1 aromatic heterocycles. The quantitative estimate of drug-likeness (QED) is 0.522. The lowest BCUT2D eigenvalue weighted by Crippen LogP contribution is -2.25. The highest BCUT2D eigenvalue weighted by Gasteiger charge is 2.23. The maximum Gasteiger partial charge on any atom is 0.375 e. The maximum atomic E-state index is 12.6.